The molecule has 0 radical (unpaired) electrons. The lowest BCUT2D eigenvalue weighted by atomic mass is 10.0. The van der Waals surface area contributed by atoms with E-state index < -0.39 is 0 Å². The molecule has 0 fully saturated rings. The lowest BCUT2D eigenvalue weighted by Gasteiger charge is -2.04. The molecule has 0 amide bonds. The molecule has 13 heavy (non-hydrogen) atoms. The molecule has 0 nitrogen and oxygen atoms in total. The van der Waals surface area contributed by atoms with Gasteiger partial charge >= 0.3 is 0 Å². The van der Waals surface area contributed by atoms with E-state index >= 15 is 0 Å². The summed E-state index contributed by atoms with van der Waals surface area (Å²) < 4.78 is 13.3. The van der Waals surface area contributed by atoms with Gasteiger partial charge in [0.1, 0.15) is 5.82 Å². The fraction of sp³-hybridized carbons (Fsp3) is 0.167. The zero-order valence-electron chi connectivity index (χ0n) is 7.55. The SMILES string of the molecule is CC1=CCC=C1c1ccccc1F. The second kappa shape index (κ2) is 3.17. The van der Waals surface area contributed by atoms with Crippen LogP contribution in [0.4, 0.5) is 4.39 Å². The predicted molar refractivity (Wildman–Crippen MR) is 52.8 cm³/mol. The van der Waals surface area contributed by atoms with Crippen molar-refractivity contribution in [2.75, 3.05) is 0 Å². The van der Waals surface area contributed by atoms with E-state index in [1.54, 1.807) is 6.07 Å². The van der Waals surface area contributed by atoms with Gasteiger partial charge in [-0.25, -0.2) is 4.39 Å². The normalized spacial score (nSPS) is 15.5. The van der Waals surface area contributed by atoms with E-state index in [1.807, 2.05) is 19.1 Å². The van der Waals surface area contributed by atoms with Gasteiger partial charge in [-0.3, -0.25) is 0 Å². The molecule has 1 aromatic carbocycles. The van der Waals surface area contributed by atoms with Gasteiger partial charge in [-0.2, -0.15) is 0 Å². The summed E-state index contributed by atoms with van der Waals surface area (Å²) >= 11 is 0. The quantitative estimate of drug-likeness (QED) is 0.610. The maximum absolute atomic E-state index is 13.3. The first-order valence-electron chi connectivity index (χ1n) is 4.41. The van der Waals surface area contributed by atoms with Crippen LogP contribution >= 0.6 is 0 Å². The van der Waals surface area contributed by atoms with Crippen LogP contribution in [0.3, 0.4) is 0 Å². The van der Waals surface area contributed by atoms with Crippen molar-refractivity contribution in [1.82, 2.24) is 0 Å². The van der Waals surface area contributed by atoms with Crippen molar-refractivity contribution in [2.24, 2.45) is 0 Å². The minimum absolute atomic E-state index is 0.136. The van der Waals surface area contributed by atoms with Crippen molar-refractivity contribution in [1.29, 1.82) is 0 Å². The Labute approximate surface area is 77.4 Å². The molecule has 0 N–H and O–H groups in total. The van der Waals surface area contributed by atoms with Crippen molar-refractivity contribution in [3.63, 3.8) is 0 Å². The minimum atomic E-state index is -0.136. The number of allylic oxidation sites excluding steroid dienone is 4. The highest BCUT2D eigenvalue weighted by Gasteiger charge is 2.10. The second-order valence-electron chi connectivity index (χ2n) is 3.22. The van der Waals surface area contributed by atoms with Crippen LogP contribution in [0.15, 0.2) is 42.0 Å². The first-order valence-corrected chi connectivity index (χ1v) is 4.41. The molecule has 2 rings (SSSR count). The van der Waals surface area contributed by atoms with E-state index in [2.05, 4.69) is 12.2 Å². The van der Waals surface area contributed by atoms with E-state index in [-0.39, 0.29) is 5.82 Å². The monoisotopic (exact) mass is 174 g/mol. The molecule has 0 unspecified atom stereocenters. The number of benzene rings is 1. The predicted octanol–water partition coefficient (Wildman–Crippen LogP) is 3.56. The smallest absolute Gasteiger partial charge is 0.131 e. The van der Waals surface area contributed by atoms with Gasteiger partial charge in [-0.05, 0) is 30.6 Å². The number of halogens is 1. The lowest BCUT2D eigenvalue weighted by Crippen LogP contribution is -1.88. The Kier molecular flexibility index (Phi) is 2.01. The zero-order valence-corrected chi connectivity index (χ0v) is 7.55. The van der Waals surface area contributed by atoms with Crippen LogP contribution in [0.25, 0.3) is 5.57 Å². The third-order valence-electron chi connectivity index (χ3n) is 2.33. The molecule has 66 valence electrons. The highest BCUT2D eigenvalue weighted by molar-refractivity contribution is 5.80. The maximum atomic E-state index is 13.3. The van der Waals surface area contributed by atoms with Crippen LogP contribution in [-0.2, 0) is 0 Å². The summed E-state index contributed by atoms with van der Waals surface area (Å²) in [5.41, 5.74) is 2.93. The van der Waals surface area contributed by atoms with E-state index in [9.17, 15) is 4.39 Å². The molecule has 1 aliphatic carbocycles. The van der Waals surface area contributed by atoms with Gasteiger partial charge in [0.2, 0.25) is 0 Å². The number of hydrogen-bond donors (Lipinski definition) is 0. The molecule has 1 heteroatoms. The van der Waals surface area contributed by atoms with E-state index in [4.69, 9.17) is 0 Å². The molecular weight excluding hydrogens is 163 g/mol. The van der Waals surface area contributed by atoms with Crippen molar-refractivity contribution >= 4 is 5.57 Å². The highest BCUT2D eigenvalue weighted by atomic mass is 19.1. The van der Waals surface area contributed by atoms with Gasteiger partial charge in [-0.15, -0.1) is 0 Å². The standard InChI is InChI=1S/C12H11F/c1-9-5-4-7-10(9)11-6-2-3-8-12(11)13/h2-3,5-8H,4H2,1H3. The first-order chi connectivity index (χ1) is 6.29. The Hall–Kier alpha value is -1.37. The van der Waals surface area contributed by atoms with Crippen LogP contribution in [0.5, 0.6) is 0 Å². The second-order valence-corrected chi connectivity index (χ2v) is 3.22. The summed E-state index contributed by atoms with van der Waals surface area (Å²) in [6, 6.07) is 6.91. The summed E-state index contributed by atoms with van der Waals surface area (Å²) in [6.07, 6.45) is 5.10. The topological polar surface area (TPSA) is 0 Å². The first kappa shape index (κ1) is 8.24. The Bertz CT molecular complexity index is 386. The van der Waals surface area contributed by atoms with Crippen molar-refractivity contribution in [3.8, 4) is 0 Å². The molecular formula is C12H11F. The summed E-state index contributed by atoms with van der Waals surface area (Å²) in [4.78, 5) is 0. The average Bonchev–Trinajstić information content (AvgIpc) is 2.52. The summed E-state index contributed by atoms with van der Waals surface area (Å²) in [6.45, 7) is 2.02. The molecule has 0 saturated carbocycles. The van der Waals surface area contributed by atoms with Gasteiger partial charge < -0.3 is 0 Å². The Morgan fingerprint density at radius 2 is 1.92 bits per heavy atom. The van der Waals surface area contributed by atoms with E-state index in [1.165, 1.54) is 11.6 Å². The average molecular weight is 174 g/mol. The largest absolute Gasteiger partial charge is 0.206 e. The van der Waals surface area contributed by atoms with Gasteiger partial charge in [0.15, 0.2) is 0 Å². The molecule has 0 atom stereocenters. The Morgan fingerprint density at radius 3 is 2.54 bits per heavy atom. The number of rotatable bonds is 1. The van der Waals surface area contributed by atoms with Crippen molar-refractivity contribution in [2.45, 2.75) is 13.3 Å². The summed E-state index contributed by atoms with van der Waals surface area (Å²) in [5.74, 6) is -0.136. The fourth-order valence-electron chi connectivity index (χ4n) is 1.63. The zero-order chi connectivity index (χ0) is 9.26. The summed E-state index contributed by atoms with van der Waals surface area (Å²) in [7, 11) is 0. The Balaban J connectivity index is 2.47. The molecule has 0 spiro atoms. The maximum Gasteiger partial charge on any atom is 0.131 e. The van der Waals surface area contributed by atoms with E-state index in [0.717, 1.165) is 12.0 Å². The van der Waals surface area contributed by atoms with Crippen LogP contribution in [0.1, 0.15) is 18.9 Å². The highest BCUT2D eigenvalue weighted by Crippen LogP contribution is 2.29. The number of hydrogen-bond acceptors (Lipinski definition) is 0. The van der Waals surface area contributed by atoms with Crippen molar-refractivity contribution in [3.05, 3.63) is 53.4 Å². The van der Waals surface area contributed by atoms with Gasteiger partial charge in [-0.1, -0.05) is 30.4 Å². The molecule has 1 aromatic rings. The summed E-state index contributed by atoms with van der Waals surface area (Å²) in [5, 5.41) is 0. The van der Waals surface area contributed by atoms with Crippen LogP contribution in [-0.4, -0.2) is 0 Å². The van der Waals surface area contributed by atoms with Crippen LogP contribution in [0, 0.1) is 5.82 Å². The minimum Gasteiger partial charge on any atom is -0.206 e. The van der Waals surface area contributed by atoms with Gasteiger partial charge in [0.05, 0.1) is 0 Å². The van der Waals surface area contributed by atoms with Gasteiger partial charge in [0.25, 0.3) is 0 Å². The van der Waals surface area contributed by atoms with Crippen LogP contribution in [0.2, 0.25) is 0 Å². The van der Waals surface area contributed by atoms with Gasteiger partial charge in [0, 0.05) is 5.56 Å². The Morgan fingerprint density at radius 1 is 1.15 bits per heavy atom. The molecule has 0 aliphatic heterocycles. The molecule has 1 aliphatic rings. The van der Waals surface area contributed by atoms with Crippen molar-refractivity contribution < 1.29 is 4.39 Å². The molecule has 0 saturated heterocycles. The molecule has 0 aromatic heterocycles. The third-order valence-corrected chi connectivity index (χ3v) is 2.33. The molecule has 0 bridgehead atoms. The van der Waals surface area contributed by atoms with Crippen LogP contribution < -0.4 is 0 Å². The third kappa shape index (κ3) is 1.42. The fourth-order valence-corrected chi connectivity index (χ4v) is 1.63. The molecule has 0 heterocycles. The van der Waals surface area contributed by atoms with E-state index in [0.29, 0.717) is 5.56 Å². The lowest BCUT2D eigenvalue weighted by molar-refractivity contribution is 0.624.